The Labute approximate surface area is 137 Å². The Hall–Kier alpha value is -2.28. The molecule has 0 saturated heterocycles. The second-order valence-corrected chi connectivity index (χ2v) is 6.27. The second kappa shape index (κ2) is 5.98. The van der Waals surface area contributed by atoms with Gasteiger partial charge in [0, 0.05) is 30.6 Å². The molecular weight excluding hydrogens is 316 g/mol. The van der Waals surface area contributed by atoms with Gasteiger partial charge in [0.1, 0.15) is 23.1 Å². The molecule has 0 radical (unpaired) electrons. The Morgan fingerprint density at radius 2 is 2.04 bits per heavy atom. The molecule has 4 rings (SSSR count). The molecule has 1 fully saturated rings. The van der Waals surface area contributed by atoms with Crippen molar-refractivity contribution in [2.24, 2.45) is 0 Å². The van der Waals surface area contributed by atoms with Crippen molar-refractivity contribution in [2.45, 2.75) is 31.8 Å². The van der Waals surface area contributed by atoms with E-state index in [1.54, 1.807) is 4.90 Å². The van der Waals surface area contributed by atoms with Gasteiger partial charge in [-0.2, -0.15) is 0 Å². The van der Waals surface area contributed by atoms with Crippen molar-refractivity contribution in [3.8, 4) is 11.5 Å². The second-order valence-electron chi connectivity index (χ2n) is 6.27. The number of carbonyl (C=O) groups excluding carboxylic acids is 1. The lowest BCUT2D eigenvalue weighted by Crippen LogP contribution is -2.41. The van der Waals surface area contributed by atoms with E-state index in [2.05, 4.69) is 10.3 Å². The van der Waals surface area contributed by atoms with E-state index in [0.717, 1.165) is 18.9 Å². The Balaban J connectivity index is 1.49. The average Bonchev–Trinajstić information content (AvgIpc) is 3.27. The fraction of sp³-hybridized carbons (Fsp3) is 0.412. The van der Waals surface area contributed by atoms with E-state index in [1.165, 1.54) is 12.1 Å². The number of hydrogen-bond donors (Lipinski definition) is 1. The van der Waals surface area contributed by atoms with Crippen LogP contribution < -0.4 is 5.32 Å². The van der Waals surface area contributed by atoms with E-state index < -0.39 is 11.6 Å². The zero-order valence-electron chi connectivity index (χ0n) is 13.0. The Bertz CT molecular complexity index is 766. The predicted molar refractivity (Wildman–Crippen MR) is 82.0 cm³/mol. The summed E-state index contributed by atoms with van der Waals surface area (Å²) in [5, 5.41) is 3.20. The Morgan fingerprint density at radius 1 is 1.29 bits per heavy atom. The maximum absolute atomic E-state index is 13.4. The van der Waals surface area contributed by atoms with Crippen LogP contribution in [0.15, 0.2) is 22.6 Å². The average molecular weight is 333 g/mol. The largest absolute Gasteiger partial charge is 0.441 e. The molecule has 24 heavy (non-hydrogen) atoms. The first-order chi connectivity index (χ1) is 11.6. The van der Waals surface area contributed by atoms with Crippen molar-refractivity contribution >= 4 is 5.91 Å². The summed E-state index contributed by atoms with van der Waals surface area (Å²) in [6, 6.07) is 3.65. The molecule has 5 nitrogen and oxygen atoms in total. The van der Waals surface area contributed by atoms with Gasteiger partial charge in [-0.1, -0.05) is 0 Å². The number of rotatable bonds is 4. The highest BCUT2D eigenvalue weighted by atomic mass is 19.1. The van der Waals surface area contributed by atoms with Crippen LogP contribution in [0.3, 0.4) is 0 Å². The number of nitrogens with zero attached hydrogens (tertiary/aromatic N) is 2. The van der Waals surface area contributed by atoms with Crippen molar-refractivity contribution < 1.29 is 18.0 Å². The molecule has 7 heteroatoms. The number of benzene rings is 1. The zero-order chi connectivity index (χ0) is 16.7. The van der Waals surface area contributed by atoms with Gasteiger partial charge in [-0.15, -0.1) is 0 Å². The van der Waals surface area contributed by atoms with Crippen LogP contribution >= 0.6 is 0 Å². The molecule has 1 amide bonds. The van der Waals surface area contributed by atoms with Crippen molar-refractivity contribution in [3.05, 3.63) is 41.3 Å². The van der Waals surface area contributed by atoms with Crippen LogP contribution in [0.4, 0.5) is 8.78 Å². The van der Waals surface area contributed by atoms with E-state index in [-0.39, 0.29) is 17.4 Å². The number of carbonyl (C=O) groups is 1. The molecule has 1 aliphatic carbocycles. The minimum Gasteiger partial charge on any atom is -0.441 e. The topological polar surface area (TPSA) is 58.4 Å². The van der Waals surface area contributed by atoms with E-state index in [4.69, 9.17) is 4.42 Å². The minimum atomic E-state index is -0.677. The van der Waals surface area contributed by atoms with E-state index in [9.17, 15) is 13.6 Å². The maximum Gasteiger partial charge on any atom is 0.236 e. The molecule has 0 unspecified atom stereocenters. The van der Waals surface area contributed by atoms with Gasteiger partial charge in [0.15, 0.2) is 0 Å². The summed E-state index contributed by atoms with van der Waals surface area (Å²) in [6.45, 7) is 1.26. The summed E-state index contributed by atoms with van der Waals surface area (Å²) in [7, 11) is 0. The van der Waals surface area contributed by atoms with Crippen molar-refractivity contribution in [3.63, 3.8) is 0 Å². The molecule has 0 spiro atoms. The van der Waals surface area contributed by atoms with Crippen LogP contribution in [-0.2, 0) is 17.8 Å². The van der Waals surface area contributed by atoms with Gasteiger partial charge in [0.2, 0.25) is 11.8 Å². The molecule has 2 aromatic rings. The van der Waals surface area contributed by atoms with Gasteiger partial charge in [0.05, 0.1) is 13.1 Å². The number of amides is 1. The first-order valence-corrected chi connectivity index (χ1v) is 8.05. The third-order valence-corrected chi connectivity index (χ3v) is 4.31. The Morgan fingerprint density at radius 3 is 2.75 bits per heavy atom. The van der Waals surface area contributed by atoms with Gasteiger partial charge in [-0.25, -0.2) is 13.8 Å². The van der Waals surface area contributed by atoms with Gasteiger partial charge >= 0.3 is 0 Å². The smallest absolute Gasteiger partial charge is 0.236 e. The zero-order valence-corrected chi connectivity index (χ0v) is 13.0. The van der Waals surface area contributed by atoms with Crippen molar-refractivity contribution in [2.75, 3.05) is 13.1 Å². The lowest BCUT2D eigenvalue weighted by atomic mass is 10.1. The maximum atomic E-state index is 13.4. The SMILES string of the molecule is O=C(CNC1CC1)N1CCc2oc(-c3cc(F)cc(F)c3)nc2C1. The highest BCUT2D eigenvalue weighted by Gasteiger charge is 2.27. The summed E-state index contributed by atoms with van der Waals surface area (Å²) in [6.07, 6.45) is 2.82. The lowest BCUT2D eigenvalue weighted by Gasteiger charge is -2.25. The third-order valence-electron chi connectivity index (χ3n) is 4.31. The van der Waals surface area contributed by atoms with E-state index in [0.29, 0.717) is 43.6 Å². The molecule has 1 aromatic heterocycles. The van der Waals surface area contributed by atoms with Gasteiger partial charge in [-0.05, 0) is 25.0 Å². The number of fused-ring (bicyclic) bond motifs is 1. The van der Waals surface area contributed by atoms with Gasteiger partial charge in [0.25, 0.3) is 0 Å². The van der Waals surface area contributed by atoms with Crippen LogP contribution in [0.2, 0.25) is 0 Å². The number of oxazole rings is 1. The van der Waals surface area contributed by atoms with E-state index >= 15 is 0 Å². The fourth-order valence-corrected chi connectivity index (χ4v) is 2.84. The molecule has 1 aliphatic heterocycles. The highest BCUT2D eigenvalue weighted by molar-refractivity contribution is 5.78. The molecule has 2 heterocycles. The summed E-state index contributed by atoms with van der Waals surface area (Å²) < 4.78 is 32.3. The number of hydrogen-bond acceptors (Lipinski definition) is 4. The molecule has 0 atom stereocenters. The molecule has 1 saturated carbocycles. The summed E-state index contributed by atoms with van der Waals surface area (Å²) in [4.78, 5) is 18.3. The summed E-state index contributed by atoms with van der Waals surface area (Å²) in [5.41, 5.74) is 0.913. The first kappa shape index (κ1) is 15.3. The van der Waals surface area contributed by atoms with Crippen LogP contribution in [-0.4, -0.2) is 34.9 Å². The molecule has 126 valence electrons. The normalized spacial score (nSPS) is 17.0. The van der Waals surface area contributed by atoms with Crippen molar-refractivity contribution in [1.29, 1.82) is 0 Å². The standard InChI is InChI=1S/C17H17F2N3O2/c18-11-5-10(6-12(19)7-11)17-21-14-9-22(4-3-15(14)24-17)16(23)8-20-13-1-2-13/h5-7,13,20H,1-4,8-9H2. The molecule has 1 aromatic carbocycles. The Kier molecular flexibility index (Phi) is 3.80. The molecular formula is C17H17F2N3O2. The van der Waals surface area contributed by atoms with E-state index in [1.807, 2.05) is 0 Å². The number of halogens is 2. The third kappa shape index (κ3) is 3.17. The van der Waals surface area contributed by atoms with Gasteiger partial charge < -0.3 is 14.6 Å². The quantitative estimate of drug-likeness (QED) is 0.932. The lowest BCUT2D eigenvalue weighted by molar-refractivity contribution is -0.131. The molecule has 0 bridgehead atoms. The number of aromatic nitrogens is 1. The monoisotopic (exact) mass is 333 g/mol. The summed E-state index contributed by atoms with van der Waals surface area (Å²) >= 11 is 0. The predicted octanol–water partition coefficient (Wildman–Crippen LogP) is 2.26. The first-order valence-electron chi connectivity index (χ1n) is 8.05. The molecule has 2 aliphatic rings. The van der Waals surface area contributed by atoms with Crippen LogP contribution in [0.25, 0.3) is 11.5 Å². The molecule has 1 N–H and O–H groups in total. The summed E-state index contributed by atoms with van der Waals surface area (Å²) in [5.74, 6) is -0.458. The fourth-order valence-electron chi connectivity index (χ4n) is 2.84. The van der Waals surface area contributed by atoms with Crippen LogP contribution in [0.1, 0.15) is 24.3 Å². The van der Waals surface area contributed by atoms with Gasteiger partial charge in [-0.3, -0.25) is 4.79 Å². The van der Waals surface area contributed by atoms with Crippen LogP contribution in [0.5, 0.6) is 0 Å². The highest BCUT2D eigenvalue weighted by Crippen LogP contribution is 2.27. The minimum absolute atomic E-state index is 0.0360. The van der Waals surface area contributed by atoms with Crippen molar-refractivity contribution in [1.82, 2.24) is 15.2 Å². The number of nitrogens with one attached hydrogen (secondary N) is 1. The van der Waals surface area contributed by atoms with Crippen LogP contribution in [0, 0.1) is 11.6 Å².